The van der Waals surface area contributed by atoms with Gasteiger partial charge in [0.05, 0.1) is 25.7 Å². The average molecular weight is 387 g/mol. The maximum absolute atomic E-state index is 10.3. The summed E-state index contributed by atoms with van der Waals surface area (Å²) in [5.41, 5.74) is 1.64. The molecule has 1 heterocycles. The van der Waals surface area contributed by atoms with Crippen LogP contribution in [0.1, 0.15) is 5.56 Å². The van der Waals surface area contributed by atoms with Crippen LogP contribution in [0.5, 0.6) is 0 Å². The van der Waals surface area contributed by atoms with Crippen LogP contribution in [0.2, 0.25) is 0 Å². The monoisotopic (exact) mass is 387 g/mol. The molecule has 2 aromatic rings. The van der Waals surface area contributed by atoms with E-state index >= 15 is 0 Å². The van der Waals surface area contributed by atoms with E-state index in [1.165, 1.54) is 4.90 Å². The van der Waals surface area contributed by atoms with Gasteiger partial charge in [-0.25, -0.2) is 4.99 Å². The molecule has 150 valence electrons. The summed E-state index contributed by atoms with van der Waals surface area (Å²) in [6, 6.07) is 17.7. The van der Waals surface area contributed by atoms with Crippen molar-refractivity contribution in [2.24, 2.45) is 4.99 Å². The number of benzene rings is 2. The lowest BCUT2D eigenvalue weighted by Gasteiger charge is -2.47. The zero-order valence-corrected chi connectivity index (χ0v) is 15.3. The topological polar surface area (TPSA) is 129 Å². The summed E-state index contributed by atoms with van der Waals surface area (Å²) in [4.78, 5) is 5.91. The van der Waals surface area contributed by atoms with Crippen LogP contribution in [0, 0.1) is 0 Å². The van der Waals surface area contributed by atoms with Gasteiger partial charge in [-0.15, -0.1) is 0 Å². The Hall–Kier alpha value is -2.49. The van der Waals surface area contributed by atoms with Crippen molar-refractivity contribution in [2.75, 3.05) is 18.5 Å². The summed E-state index contributed by atoms with van der Waals surface area (Å²) in [6.07, 6.45) is -3.39. The molecule has 1 saturated heterocycles. The van der Waals surface area contributed by atoms with E-state index in [0.717, 1.165) is 5.56 Å². The quantitative estimate of drug-likeness (QED) is 0.242. The highest BCUT2D eigenvalue weighted by Crippen LogP contribution is 2.26. The Morgan fingerprint density at radius 2 is 1.64 bits per heavy atom. The minimum atomic E-state index is -2.56. The minimum absolute atomic E-state index is 0.243. The third-order valence-corrected chi connectivity index (χ3v) is 4.74. The maximum Gasteiger partial charge on any atom is 0.210 e. The number of guanidine groups is 1. The summed E-state index contributed by atoms with van der Waals surface area (Å²) >= 11 is 0. The molecule has 0 unspecified atom stereocenters. The molecule has 3 atom stereocenters. The summed E-state index contributed by atoms with van der Waals surface area (Å²) < 4.78 is 0. The SMILES string of the molecule is OC[C@H]1[C@@H](O)[C@H](O)C(O)(O)CN1C(=NCc1ccccc1)Nc1ccccc1. The first-order chi connectivity index (χ1) is 13.4. The summed E-state index contributed by atoms with van der Waals surface area (Å²) in [6.45, 7) is -0.647. The van der Waals surface area contributed by atoms with Gasteiger partial charge in [0.15, 0.2) is 5.96 Å². The van der Waals surface area contributed by atoms with E-state index in [0.29, 0.717) is 12.2 Å². The largest absolute Gasteiger partial charge is 0.394 e. The highest BCUT2D eigenvalue weighted by Gasteiger charge is 2.50. The van der Waals surface area contributed by atoms with Gasteiger partial charge in [0.25, 0.3) is 0 Å². The molecule has 1 fully saturated rings. The highest BCUT2D eigenvalue weighted by molar-refractivity contribution is 5.94. The number of aliphatic hydroxyl groups excluding tert-OH is 3. The van der Waals surface area contributed by atoms with Crippen molar-refractivity contribution >= 4 is 11.6 Å². The molecule has 8 nitrogen and oxygen atoms in total. The van der Waals surface area contributed by atoms with Crippen molar-refractivity contribution in [1.82, 2.24) is 4.90 Å². The van der Waals surface area contributed by atoms with Crippen LogP contribution in [-0.4, -0.2) is 73.6 Å². The summed E-state index contributed by atoms with van der Waals surface area (Å²) in [5, 5.41) is 53.4. The summed E-state index contributed by atoms with van der Waals surface area (Å²) in [5.74, 6) is -2.32. The Labute approximate surface area is 163 Å². The summed E-state index contributed by atoms with van der Waals surface area (Å²) in [7, 11) is 0. The Morgan fingerprint density at radius 3 is 2.25 bits per heavy atom. The lowest BCUT2D eigenvalue weighted by atomic mass is 9.92. The van der Waals surface area contributed by atoms with Crippen LogP contribution in [0.3, 0.4) is 0 Å². The molecule has 0 aliphatic carbocycles. The molecule has 0 bridgehead atoms. The lowest BCUT2D eigenvalue weighted by molar-refractivity contribution is -0.280. The van der Waals surface area contributed by atoms with Gasteiger partial charge in [-0.3, -0.25) is 0 Å². The number of β-amino-alcohol motifs (C(OH)–C–C–N with tert-alkyl or cyclic N) is 2. The molecular formula is C20H25N3O5. The van der Waals surface area contributed by atoms with E-state index in [-0.39, 0.29) is 5.96 Å². The lowest BCUT2D eigenvalue weighted by Crippen LogP contribution is -2.70. The van der Waals surface area contributed by atoms with Crippen LogP contribution in [0.25, 0.3) is 0 Å². The van der Waals surface area contributed by atoms with Gasteiger partial charge >= 0.3 is 0 Å². The van der Waals surface area contributed by atoms with Crippen LogP contribution < -0.4 is 5.32 Å². The average Bonchev–Trinajstić information content (AvgIpc) is 2.70. The molecule has 0 amide bonds. The molecule has 1 aliphatic heterocycles. The van der Waals surface area contributed by atoms with Crippen LogP contribution >= 0.6 is 0 Å². The van der Waals surface area contributed by atoms with Crippen LogP contribution in [-0.2, 0) is 6.54 Å². The van der Waals surface area contributed by atoms with Crippen molar-refractivity contribution in [1.29, 1.82) is 0 Å². The number of nitrogens with one attached hydrogen (secondary N) is 1. The van der Waals surface area contributed by atoms with Gasteiger partial charge in [-0.2, -0.15) is 0 Å². The number of likely N-dealkylation sites (tertiary alicyclic amines) is 1. The van der Waals surface area contributed by atoms with Crippen molar-refractivity contribution in [2.45, 2.75) is 30.6 Å². The molecule has 0 saturated carbocycles. The van der Waals surface area contributed by atoms with Crippen molar-refractivity contribution in [3.05, 3.63) is 66.2 Å². The van der Waals surface area contributed by atoms with E-state index in [9.17, 15) is 25.5 Å². The molecule has 6 N–H and O–H groups in total. The predicted octanol–water partition coefficient (Wildman–Crippen LogP) is -0.266. The molecular weight excluding hydrogens is 362 g/mol. The number of hydrogen-bond acceptors (Lipinski definition) is 6. The maximum atomic E-state index is 10.3. The second-order valence-electron chi connectivity index (χ2n) is 6.81. The number of rotatable bonds is 4. The number of para-hydroxylation sites is 1. The molecule has 2 aromatic carbocycles. The Kier molecular flexibility index (Phi) is 6.28. The third-order valence-electron chi connectivity index (χ3n) is 4.74. The smallest absolute Gasteiger partial charge is 0.210 e. The van der Waals surface area contributed by atoms with Gasteiger partial charge in [-0.05, 0) is 17.7 Å². The van der Waals surface area contributed by atoms with E-state index < -0.39 is 37.2 Å². The molecule has 0 aromatic heterocycles. The van der Waals surface area contributed by atoms with Gasteiger partial charge < -0.3 is 35.7 Å². The Morgan fingerprint density at radius 1 is 1.04 bits per heavy atom. The zero-order valence-electron chi connectivity index (χ0n) is 15.3. The first kappa shape index (κ1) is 20.2. The molecule has 3 rings (SSSR count). The van der Waals surface area contributed by atoms with Gasteiger partial charge in [-0.1, -0.05) is 48.5 Å². The van der Waals surface area contributed by atoms with E-state index in [4.69, 9.17) is 0 Å². The molecule has 28 heavy (non-hydrogen) atoms. The fourth-order valence-electron chi connectivity index (χ4n) is 3.17. The minimum Gasteiger partial charge on any atom is -0.394 e. The van der Waals surface area contributed by atoms with Crippen LogP contribution in [0.4, 0.5) is 5.69 Å². The van der Waals surface area contributed by atoms with Crippen molar-refractivity contribution in [3.8, 4) is 0 Å². The van der Waals surface area contributed by atoms with Crippen LogP contribution in [0.15, 0.2) is 65.7 Å². The third kappa shape index (κ3) is 4.49. The van der Waals surface area contributed by atoms with E-state index in [2.05, 4.69) is 10.3 Å². The number of aliphatic imine (C=N–C) groups is 1. The number of nitrogens with zero attached hydrogens (tertiary/aromatic N) is 2. The first-order valence-corrected chi connectivity index (χ1v) is 9.01. The second kappa shape index (κ2) is 8.68. The number of piperidine rings is 1. The van der Waals surface area contributed by atoms with Gasteiger partial charge in [0, 0.05) is 5.69 Å². The molecule has 0 radical (unpaired) electrons. The second-order valence-corrected chi connectivity index (χ2v) is 6.81. The normalized spacial score (nSPS) is 24.8. The number of anilines is 1. The number of aliphatic hydroxyl groups is 5. The zero-order chi connectivity index (χ0) is 20.1. The van der Waals surface area contributed by atoms with Gasteiger partial charge in [0.2, 0.25) is 5.79 Å². The van der Waals surface area contributed by atoms with Gasteiger partial charge in [0.1, 0.15) is 12.2 Å². The Bertz CT molecular complexity index is 785. The fourth-order valence-corrected chi connectivity index (χ4v) is 3.17. The fraction of sp³-hybridized carbons (Fsp3) is 0.350. The predicted molar refractivity (Wildman–Crippen MR) is 104 cm³/mol. The van der Waals surface area contributed by atoms with Crippen molar-refractivity contribution < 1.29 is 25.5 Å². The molecule has 1 aliphatic rings. The molecule has 8 heteroatoms. The Balaban J connectivity index is 1.94. The van der Waals surface area contributed by atoms with E-state index in [1.54, 1.807) is 0 Å². The number of hydrogen-bond donors (Lipinski definition) is 6. The standard InChI is InChI=1S/C20H25N3O5/c24-12-16-17(25)18(26)20(27,28)13-23(16)19(22-15-9-5-2-6-10-15)21-11-14-7-3-1-4-8-14/h1-10,16-18,24-28H,11-13H2,(H,21,22)/t16-,17+,18-/m0/s1. The molecule has 0 spiro atoms. The first-order valence-electron chi connectivity index (χ1n) is 9.01. The van der Waals surface area contributed by atoms with Crippen molar-refractivity contribution in [3.63, 3.8) is 0 Å². The van der Waals surface area contributed by atoms with E-state index in [1.807, 2.05) is 60.7 Å². The highest BCUT2D eigenvalue weighted by atomic mass is 16.5.